The zero-order chi connectivity index (χ0) is 15.1. The van der Waals surface area contributed by atoms with Crippen LogP contribution in [0.2, 0.25) is 5.02 Å². The predicted octanol–water partition coefficient (Wildman–Crippen LogP) is 3.97. The number of benzene rings is 2. The summed E-state index contributed by atoms with van der Waals surface area (Å²) in [7, 11) is 0. The first-order chi connectivity index (χ1) is 9.99. The smallest absolute Gasteiger partial charge is 0.299 e. The standard InChI is InChI=1S/C15H8BrClFNO2/c16-10-2-1-3-12-13(10)14(20)15(21)19(12)7-8-4-5-9(17)6-11(8)18/h1-6H,7H2. The van der Waals surface area contributed by atoms with Gasteiger partial charge in [-0.15, -0.1) is 0 Å². The van der Waals surface area contributed by atoms with Crippen molar-refractivity contribution in [1.82, 2.24) is 0 Å². The fraction of sp³-hybridized carbons (Fsp3) is 0.0667. The van der Waals surface area contributed by atoms with Gasteiger partial charge in [0.1, 0.15) is 5.82 Å². The molecule has 3 rings (SSSR count). The van der Waals surface area contributed by atoms with Gasteiger partial charge < -0.3 is 4.90 Å². The van der Waals surface area contributed by atoms with Crippen LogP contribution in [0.1, 0.15) is 15.9 Å². The number of carbonyl (C=O) groups is 2. The van der Waals surface area contributed by atoms with Crippen LogP contribution in [-0.4, -0.2) is 11.7 Å². The first-order valence-electron chi connectivity index (χ1n) is 6.07. The van der Waals surface area contributed by atoms with Gasteiger partial charge in [0.25, 0.3) is 11.7 Å². The van der Waals surface area contributed by atoms with Crippen LogP contribution < -0.4 is 4.90 Å². The van der Waals surface area contributed by atoms with Crippen LogP contribution in [0.15, 0.2) is 40.9 Å². The summed E-state index contributed by atoms with van der Waals surface area (Å²) in [6.07, 6.45) is 0. The Hall–Kier alpha value is -1.72. The third kappa shape index (κ3) is 2.36. The Morgan fingerprint density at radius 2 is 1.95 bits per heavy atom. The summed E-state index contributed by atoms with van der Waals surface area (Å²) in [5.74, 6) is -1.76. The summed E-state index contributed by atoms with van der Waals surface area (Å²) >= 11 is 8.97. The Bertz CT molecular complexity index is 778. The molecule has 0 saturated carbocycles. The molecule has 0 fully saturated rings. The molecule has 1 heterocycles. The van der Waals surface area contributed by atoms with Crippen LogP contribution >= 0.6 is 27.5 Å². The van der Waals surface area contributed by atoms with Crippen molar-refractivity contribution < 1.29 is 14.0 Å². The van der Waals surface area contributed by atoms with Crippen molar-refractivity contribution in [2.75, 3.05) is 4.90 Å². The van der Waals surface area contributed by atoms with Gasteiger partial charge in [0.05, 0.1) is 17.8 Å². The molecule has 1 aliphatic rings. The van der Waals surface area contributed by atoms with E-state index in [4.69, 9.17) is 11.6 Å². The monoisotopic (exact) mass is 367 g/mol. The van der Waals surface area contributed by atoms with Gasteiger partial charge in [0.15, 0.2) is 0 Å². The minimum Gasteiger partial charge on any atom is -0.300 e. The Kier molecular flexibility index (Phi) is 3.55. The summed E-state index contributed by atoms with van der Waals surface area (Å²) in [5, 5.41) is 0.281. The highest BCUT2D eigenvalue weighted by Gasteiger charge is 2.37. The quantitative estimate of drug-likeness (QED) is 0.752. The average Bonchev–Trinajstić information content (AvgIpc) is 2.68. The normalized spacial score (nSPS) is 13.8. The van der Waals surface area contributed by atoms with E-state index in [-0.39, 0.29) is 11.6 Å². The lowest BCUT2D eigenvalue weighted by atomic mass is 10.1. The number of fused-ring (bicyclic) bond motifs is 1. The van der Waals surface area contributed by atoms with E-state index >= 15 is 0 Å². The van der Waals surface area contributed by atoms with E-state index in [0.29, 0.717) is 21.3 Å². The lowest BCUT2D eigenvalue weighted by Crippen LogP contribution is -2.29. The number of hydrogen-bond donors (Lipinski definition) is 0. The lowest BCUT2D eigenvalue weighted by molar-refractivity contribution is -0.114. The second-order valence-corrected chi connectivity index (χ2v) is 5.88. The maximum Gasteiger partial charge on any atom is 0.299 e. The van der Waals surface area contributed by atoms with E-state index in [9.17, 15) is 14.0 Å². The lowest BCUT2D eigenvalue weighted by Gasteiger charge is -2.17. The highest BCUT2D eigenvalue weighted by molar-refractivity contribution is 9.10. The van der Waals surface area contributed by atoms with Crippen molar-refractivity contribution in [2.24, 2.45) is 0 Å². The highest BCUT2D eigenvalue weighted by atomic mass is 79.9. The van der Waals surface area contributed by atoms with Gasteiger partial charge in [0, 0.05) is 15.1 Å². The first kappa shape index (κ1) is 14.2. The summed E-state index contributed by atoms with van der Waals surface area (Å²) in [6, 6.07) is 9.31. The zero-order valence-corrected chi connectivity index (χ0v) is 12.9. The molecule has 2 aromatic rings. The summed E-state index contributed by atoms with van der Waals surface area (Å²) in [4.78, 5) is 25.4. The summed E-state index contributed by atoms with van der Waals surface area (Å²) in [5.41, 5.74) is 1.10. The van der Waals surface area contributed by atoms with Crippen LogP contribution in [0.3, 0.4) is 0 Å². The molecular formula is C15H8BrClFNO2. The van der Waals surface area contributed by atoms with Crippen LogP contribution in [0, 0.1) is 5.82 Å². The molecule has 21 heavy (non-hydrogen) atoms. The molecule has 0 radical (unpaired) electrons. The molecule has 1 aliphatic heterocycles. The predicted molar refractivity (Wildman–Crippen MR) is 81.1 cm³/mol. The molecule has 1 amide bonds. The largest absolute Gasteiger partial charge is 0.300 e. The van der Waals surface area contributed by atoms with Gasteiger partial charge in [-0.1, -0.05) is 23.7 Å². The number of amides is 1. The van der Waals surface area contributed by atoms with E-state index in [0.717, 1.165) is 0 Å². The molecule has 0 unspecified atom stereocenters. The van der Waals surface area contributed by atoms with Gasteiger partial charge in [-0.05, 0) is 40.2 Å². The molecule has 0 aliphatic carbocycles. The fourth-order valence-electron chi connectivity index (χ4n) is 2.28. The van der Waals surface area contributed by atoms with Crippen LogP contribution in [0.4, 0.5) is 10.1 Å². The van der Waals surface area contributed by atoms with E-state index in [1.807, 2.05) is 0 Å². The maximum absolute atomic E-state index is 13.9. The number of ketones is 1. The van der Waals surface area contributed by atoms with Gasteiger partial charge in [-0.2, -0.15) is 0 Å². The molecule has 6 heteroatoms. The number of carbonyl (C=O) groups excluding carboxylic acids is 2. The molecule has 2 aromatic carbocycles. The second-order valence-electron chi connectivity index (χ2n) is 4.59. The molecule has 0 N–H and O–H groups in total. The Morgan fingerprint density at radius 3 is 2.67 bits per heavy atom. The minimum atomic E-state index is -0.661. The Morgan fingerprint density at radius 1 is 1.19 bits per heavy atom. The molecule has 106 valence electrons. The SMILES string of the molecule is O=C1C(=O)N(Cc2ccc(Cl)cc2F)c2cccc(Br)c21. The molecule has 0 saturated heterocycles. The number of Topliss-reactive ketones (excluding diaryl/α,β-unsaturated/α-hetero) is 1. The average molecular weight is 369 g/mol. The van der Waals surface area contributed by atoms with Gasteiger partial charge in [0.2, 0.25) is 0 Å². The topological polar surface area (TPSA) is 37.4 Å². The van der Waals surface area contributed by atoms with Crippen molar-refractivity contribution in [2.45, 2.75) is 6.54 Å². The van der Waals surface area contributed by atoms with E-state index in [1.54, 1.807) is 24.3 Å². The van der Waals surface area contributed by atoms with Gasteiger partial charge in [-0.3, -0.25) is 9.59 Å². The molecule has 0 spiro atoms. The van der Waals surface area contributed by atoms with Gasteiger partial charge >= 0.3 is 0 Å². The van der Waals surface area contributed by atoms with E-state index in [1.165, 1.54) is 17.0 Å². The van der Waals surface area contributed by atoms with Crippen molar-refractivity contribution in [3.8, 4) is 0 Å². The molecule has 0 atom stereocenters. The number of halogens is 3. The first-order valence-corrected chi connectivity index (χ1v) is 7.25. The van der Waals surface area contributed by atoms with E-state index < -0.39 is 17.5 Å². The Labute approximate surface area is 133 Å². The Balaban J connectivity index is 2.03. The van der Waals surface area contributed by atoms with Crippen LogP contribution in [0.5, 0.6) is 0 Å². The van der Waals surface area contributed by atoms with Gasteiger partial charge in [-0.25, -0.2) is 4.39 Å². The van der Waals surface area contributed by atoms with Crippen molar-refractivity contribution >= 4 is 44.9 Å². The zero-order valence-electron chi connectivity index (χ0n) is 10.6. The summed E-state index contributed by atoms with van der Waals surface area (Å²) < 4.78 is 14.4. The third-order valence-corrected chi connectivity index (χ3v) is 4.19. The van der Waals surface area contributed by atoms with Crippen LogP contribution in [0.25, 0.3) is 0 Å². The van der Waals surface area contributed by atoms with Crippen molar-refractivity contribution in [3.63, 3.8) is 0 Å². The number of hydrogen-bond acceptors (Lipinski definition) is 2. The highest BCUT2D eigenvalue weighted by Crippen LogP contribution is 2.35. The summed E-state index contributed by atoms with van der Waals surface area (Å²) in [6.45, 7) is -0.0168. The van der Waals surface area contributed by atoms with E-state index in [2.05, 4.69) is 15.9 Å². The van der Waals surface area contributed by atoms with Crippen LogP contribution in [-0.2, 0) is 11.3 Å². The molecule has 3 nitrogen and oxygen atoms in total. The molecule has 0 aromatic heterocycles. The van der Waals surface area contributed by atoms with Crippen molar-refractivity contribution in [1.29, 1.82) is 0 Å². The third-order valence-electron chi connectivity index (χ3n) is 3.29. The maximum atomic E-state index is 13.9. The molecule has 0 bridgehead atoms. The number of nitrogens with zero attached hydrogens (tertiary/aromatic N) is 1. The number of rotatable bonds is 2. The minimum absolute atomic E-state index is 0.0168. The number of anilines is 1. The fourth-order valence-corrected chi connectivity index (χ4v) is 2.97. The molecular weight excluding hydrogens is 361 g/mol. The second kappa shape index (κ2) is 5.24. The van der Waals surface area contributed by atoms with Crippen molar-refractivity contribution in [3.05, 3.63) is 62.8 Å².